The fourth-order valence-electron chi connectivity index (χ4n) is 3.26. The van der Waals surface area contributed by atoms with Gasteiger partial charge in [0.2, 0.25) is 0 Å². The number of nitrogens with one attached hydrogen (secondary N) is 1. The summed E-state index contributed by atoms with van der Waals surface area (Å²) in [5, 5.41) is 34.3. The number of nitro groups is 2. The van der Waals surface area contributed by atoms with E-state index < -0.39 is 33.4 Å². The van der Waals surface area contributed by atoms with Gasteiger partial charge in [-0.1, -0.05) is 0 Å². The van der Waals surface area contributed by atoms with Gasteiger partial charge in [-0.3, -0.25) is 25.2 Å². The quantitative estimate of drug-likeness (QED) is 0.592. The van der Waals surface area contributed by atoms with Crippen molar-refractivity contribution in [3.8, 4) is 0 Å². The van der Waals surface area contributed by atoms with Crippen molar-refractivity contribution < 1.29 is 19.4 Å². The van der Waals surface area contributed by atoms with Crippen molar-refractivity contribution >= 4 is 28.7 Å². The zero-order chi connectivity index (χ0) is 20.0. The van der Waals surface area contributed by atoms with Gasteiger partial charge in [-0.2, -0.15) is 0 Å². The first-order valence-corrected chi connectivity index (χ1v) is 8.24. The molecule has 2 aromatic rings. The lowest BCUT2D eigenvalue weighted by molar-refractivity contribution is -0.393. The van der Waals surface area contributed by atoms with Gasteiger partial charge in [0.05, 0.1) is 28.1 Å². The molecule has 0 saturated carbocycles. The average Bonchev–Trinajstić information content (AvgIpc) is 3.29. The molecule has 0 amide bonds. The Kier molecular flexibility index (Phi) is 4.13. The van der Waals surface area contributed by atoms with Crippen LogP contribution in [0.2, 0.25) is 0 Å². The molecule has 4 rings (SSSR count). The third kappa shape index (κ3) is 2.80. The molecule has 1 saturated heterocycles. The normalized spacial score (nSPS) is 23.8. The Labute approximate surface area is 157 Å². The second-order valence-corrected chi connectivity index (χ2v) is 6.28. The van der Waals surface area contributed by atoms with Gasteiger partial charge in [0.25, 0.3) is 5.69 Å². The van der Waals surface area contributed by atoms with Crippen molar-refractivity contribution in [2.75, 3.05) is 5.01 Å². The van der Waals surface area contributed by atoms with Crippen LogP contribution in [0.5, 0.6) is 0 Å². The van der Waals surface area contributed by atoms with E-state index in [1.165, 1.54) is 23.4 Å². The number of aliphatic hydroxyl groups excluding tert-OH is 1. The smallest absolute Gasteiger partial charge is 0.301 e. The fourth-order valence-corrected chi connectivity index (χ4v) is 3.26. The number of benzene rings is 1. The highest BCUT2D eigenvalue weighted by Gasteiger charge is 2.45. The van der Waals surface area contributed by atoms with Crippen molar-refractivity contribution in [3.05, 3.63) is 62.6 Å². The van der Waals surface area contributed by atoms with Crippen LogP contribution in [0.3, 0.4) is 0 Å². The van der Waals surface area contributed by atoms with E-state index in [1.807, 2.05) is 0 Å². The number of rotatable bonds is 4. The highest BCUT2D eigenvalue weighted by molar-refractivity contribution is 6.13. The molecule has 3 atom stereocenters. The number of fused-ring (bicyclic) bond motifs is 1. The molecule has 12 nitrogen and oxygen atoms in total. The number of hydrazine groups is 1. The van der Waals surface area contributed by atoms with Gasteiger partial charge in [-0.15, -0.1) is 0 Å². The molecule has 28 heavy (non-hydrogen) atoms. The lowest BCUT2D eigenvalue weighted by Crippen LogP contribution is -2.39. The van der Waals surface area contributed by atoms with Gasteiger partial charge in [0, 0.05) is 12.1 Å². The van der Waals surface area contributed by atoms with Gasteiger partial charge in [-0.05, 0) is 25.1 Å². The molecule has 0 aliphatic carbocycles. The molecule has 3 heterocycles. The minimum absolute atomic E-state index is 0.0663. The summed E-state index contributed by atoms with van der Waals surface area (Å²) in [6.45, 7) is 1.77. The zero-order valence-electron chi connectivity index (χ0n) is 14.4. The SMILES string of the molecule is CC1NN(c2ccc([N+](=O)[O-])cc2[N+](=O)[O-])C2=NC(c3ccco3)=NC(O)C21. The number of non-ortho nitro benzene ring substituents is 1. The molecule has 0 bridgehead atoms. The van der Waals surface area contributed by atoms with Crippen molar-refractivity contribution in [2.45, 2.75) is 19.2 Å². The number of anilines is 1. The minimum Gasteiger partial charge on any atom is -0.461 e. The van der Waals surface area contributed by atoms with Crippen molar-refractivity contribution in [2.24, 2.45) is 15.9 Å². The lowest BCUT2D eigenvalue weighted by atomic mass is 9.99. The van der Waals surface area contributed by atoms with Crippen LogP contribution in [0.4, 0.5) is 17.1 Å². The topological polar surface area (TPSA) is 160 Å². The first-order valence-electron chi connectivity index (χ1n) is 8.24. The van der Waals surface area contributed by atoms with Crippen molar-refractivity contribution in [1.82, 2.24) is 5.43 Å². The first-order chi connectivity index (χ1) is 13.4. The van der Waals surface area contributed by atoms with Crippen LogP contribution in [0, 0.1) is 26.1 Å². The van der Waals surface area contributed by atoms with Gasteiger partial charge in [0.15, 0.2) is 17.8 Å². The number of aliphatic imine (C=N–C) groups is 2. The van der Waals surface area contributed by atoms with Crippen LogP contribution < -0.4 is 10.4 Å². The summed E-state index contributed by atoms with van der Waals surface area (Å²) < 4.78 is 5.27. The number of nitro benzene ring substituents is 2. The Bertz CT molecular complexity index is 1020. The first kappa shape index (κ1) is 17.8. The van der Waals surface area contributed by atoms with E-state index in [2.05, 4.69) is 15.4 Å². The molecule has 2 N–H and O–H groups in total. The van der Waals surface area contributed by atoms with E-state index in [-0.39, 0.29) is 17.6 Å². The summed E-state index contributed by atoms with van der Waals surface area (Å²) in [7, 11) is 0. The Morgan fingerprint density at radius 1 is 1.25 bits per heavy atom. The predicted molar refractivity (Wildman–Crippen MR) is 97.0 cm³/mol. The highest BCUT2D eigenvalue weighted by atomic mass is 16.6. The second-order valence-electron chi connectivity index (χ2n) is 6.28. The van der Waals surface area contributed by atoms with E-state index in [1.54, 1.807) is 19.1 Å². The van der Waals surface area contributed by atoms with Crippen molar-refractivity contribution in [3.63, 3.8) is 0 Å². The maximum Gasteiger partial charge on any atom is 0.301 e. The van der Waals surface area contributed by atoms with Crippen LogP contribution in [-0.4, -0.2) is 38.9 Å². The standard InChI is InChI=1S/C16H14N6O6/c1-8-13-15(17-14(18-16(13)23)12-3-2-6-28-12)20(19-8)10-5-4-9(21(24)25)7-11(10)22(26)27/h2-8,13,16,19,23H,1H3. The number of hydrogen-bond acceptors (Lipinski definition) is 10. The van der Waals surface area contributed by atoms with Crippen LogP contribution in [0.25, 0.3) is 0 Å². The van der Waals surface area contributed by atoms with Gasteiger partial charge >= 0.3 is 5.69 Å². The third-order valence-electron chi connectivity index (χ3n) is 4.54. The van der Waals surface area contributed by atoms with Crippen LogP contribution >= 0.6 is 0 Å². The molecular weight excluding hydrogens is 372 g/mol. The van der Waals surface area contributed by atoms with E-state index >= 15 is 0 Å². The number of furan rings is 1. The van der Waals surface area contributed by atoms with Crippen molar-refractivity contribution in [1.29, 1.82) is 0 Å². The van der Waals surface area contributed by atoms with E-state index in [0.29, 0.717) is 11.6 Å². The number of hydrogen-bond donors (Lipinski definition) is 2. The number of aliphatic hydroxyl groups is 1. The molecule has 144 valence electrons. The Morgan fingerprint density at radius 3 is 2.68 bits per heavy atom. The summed E-state index contributed by atoms with van der Waals surface area (Å²) in [6, 6.07) is 6.25. The number of amidine groups is 2. The Morgan fingerprint density at radius 2 is 2.04 bits per heavy atom. The molecule has 1 fully saturated rings. The maximum absolute atomic E-state index is 11.5. The summed E-state index contributed by atoms with van der Waals surface area (Å²) >= 11 is 0. The summed E-state index contributed by atoms with van der Waals surface area (Å²) in [5.74, 6) is 0.226. The molecule has 12 heteroatoms. The van der Waals surface area contributed by atoms with E-state index in [4.69, 9.17) is 4.42 Å². The van der Waals surface area contributed by atoms with Crippen LogP contribution in [-0.2, 0) is 0 Å². The van der Waals surface area contributed by atoms with Gasteiger partial charge in [0.1, 0.15) is 11.5 Å². The number of nitrogens with zero attached hydrogens (tertiary/aromatic N) is 5. The van der Waals surface area contributed by atoms with Crippen LogP contribution in [0.1, 0.15) is 12.7 Å². The highest BCUT2D eigenvalue weighted by Crippen LogP contribution is 2.36. The maximum atomic E-state index is 11.5. The Balaban J connectivity index is 1.82. The molecule has 2 aliphatic heterocycles. The molecule has 1 aromatic heterocycles. The van der Waals surface area contributed by atoms with E-state index in [9.17, 15) is 25.3 Å². The molecule has 3 unspecified atom stereocenters. The van der Waals surface area contributed by atoms with Gasteiger partial charge < -0.3 is 9.52 Å². The average molecular weight is 386 g/mol. The lowest BCUT2D eigenvalue weighted by Gasteiger charge is -2.24. The molecule has 1 aromatic carbocycles. The summed E-state index contributed by atoms with van der Waals surface area (Å²) in [6.07, 6.45) is 0.294. The second kappa shape index (κ2) is 6.51. The summed E-state index contributed by atoms with van der Waals surface area (Å²) in [4.78, 5) is 29.6. The molecule has 2 aliphatic rings. The Hall–Kier alpha value is -3.64. The third-order valence-corrected chi connectivity index (χ3v) is 4.54. The fraction of sp³-hybridized carbons (Fsp3) is 0.250. The van der Waals surface area contributed by atoms with E-state index in [0.717, 1.165) is 6.07 Å². The molecule has 0 spiro atoms. The minimum atomic E-state index is -1.14. The van der Waals surface area contributed by atoms with Crippen LogP contribution in [0.15, 0.2) is 51.0 Å². The summed E-state index contributed by atoms with van der Waals surface area (Å²) in [5.41, 5.74) is 2.22. The zero-order valence-corrected chi connectivity index (χ0v) is 14.4. The predicted octanol–water partition coefficient (Wildman–Crippen LogP) is 1.60. The molecular formula is C16H14N6O6. The van der Waals surface area contributed by atoms with Gasteiger partial charge in [-0.25, -0.2) is 15.4 Å². The monoisotopic (exact) mass is 386 g/mol. The largest absolute Gasteiger partial charge is 0.461 e. The molecule has 0 radical (unpaired) electrons.